The summed E-state index contributed by atoms with van der Waals surface area (Å²) in [7, 11) is 0. The Labute approximate surface area is 105 Å². The molecule has 94 valence electrons. The smallest absolute Gasteiger partial charge is 0.225 e. The number of rotatable bonds is 4. The monoisotopic (exact) mass is 244 g/mol. The van der Waals surface area contributed by atoms with Gasteiger partial charge in [0.15, 0.2) is 0 Å². The molecule has 1 aromatic heterocycles. The number of amidine groups is 1. The van der Waals surface area contributed by atoms with Crippen LogP contribution in [0.25, 0.3) is 11.0 Å². The first-order chi connectivity index (χ1) is 8.69. The van der Waals surface area contributed by atoms with Crippen LogP contribution in [0, 0.1) is 5.41 Å². The van der Waals surface area contributed by atoms with Crippen molar-refractivity contribution >= 4 is 22.8 Å². The van der Waals surface area contributed by atoms with Gasteiger partial charge in [0.1, 0.15) is 11.7 Å². The molecule has 2 rings (SSSR count). The van der Waals surface area contributed by atoms with Crippen LogP contribution in [0.3, 0.4) is 0 Å². The lowest BCUT2D eigenvalue weighted by atomic mass is 10.3. The first-order valence-corrected chi connectivity index (χ1v) is 6.00. The third-order valence-corrected chi connectivity index (χ3v) is 2.55. The second-order valence-electron chi connectivity index (χ2n) is 4.15. The van der Waals surface area contributed by atoms with Crippen molar-refractivity contribution in [3.63, 3.8) is 0 Å². The molecule has 0 aliphatic rings. The second kappa shape index (κ2) is 5.44. The molecular weight excluding hydrogens is 228 g/mol. The van der Waals surface area contributed by atoms with Gasteiger partial charge in [0.25, 0.3) is 0 Å². The molecule has 0 fully saturated rings. The second-order valence-corrected chi connectivity index (χ2v) is 4.15. The number of amides is 1. The largest absolute Gasteiger partial charge is 0.342 e. The quantitative estimate of drug-likeness (QED) is 0.568. The van der Waals surface area contributed by atoms with Gasteiger partial charge >= 0.3 is 0 Å². The third kappa shape index (κ3) is 2.94. The van der Waals surface area contributed by atoms with Gasteiger partial charge in [-0.15, -0.1) is 0 Å². The molecule has 0 atom stereocenters. The number of aromatic nitrogens is 2. The number of nitrogens with zero attached hydrogens (tertiary/aromatic N) is 1. The molecule has 1 aromatic carbocycles. The van der Waals surface area contributed by atoms with Crippen LogP contribution in [-0.2, 0) is 11.2 Å². The van der Waals surface area contributed by atoms with Crippen molar-refractivity contribution in [2.45, 2.75) is 26.2 Å². The Bertz CT molecular complexity index is 540. The summed E-state index contributed by atoms with van der Waals surface area (Å²) in [4.78, 5) is 18.8. The molecule has 0 bridgehead atoms. The number of aromatic amines is 1. The molecule has 0 aliphatic carbocycles. The molecule has 0 aliphatic heterocycles. The molecule has 0 saturated carbocycles. The number of carbonyl (C=O) groups is 1. The van der Waals surface area contributed by atoms with Gasteiger partial charge < -0.3 is 10.3 Å². The highest BCUT2D eigenvalue weighted by molar-refractivity contribution is 5.97. The van der Waals surface area contributed by atoms with Crippen LogP contribution in [0.5, 0.6) is 0 Å². The Morgan fingerprint density at radius 1 is 1.44 bits per heavy atom. The van der Waals surface area contributed by atoms with Crippen molar-refractivity contribution in [2.75, 3.05) is 0 Å². The Balaban J connectivity index is 2.00. The summed E-state index contributed by atoms with van der Waals surface area (Å²) in [6.45, 7) is 1.93. The van der Waals surface area contributed by atoms with E-state index in [0.717, 1.165) is 17.5 Å². The summed E-state index contributed by atoms with van der Waals surface area (Å²) >= 11 is 0. The van der Waals surface area contributed by atoms with E-state index in [2.05, 4.69) is 15.3 Å². The molecular formula is C13H16N4O. The lowest BCUT2D eigenvalue weighted by molar-refractivity contribution is -0.119. The maximum atomic E-state index is 11.3. The average Bonchev–Trinajstić information content (AvgIpc) is 2.70. The van der Waals surface area contributed by atoms with Gasteiger partial charge in [-0.2, -0.15) is 0 Å². The molecule has 1 amide bonds. The third-order valence-electron chi connectivity index (χ3n) is 2.55. The van der Waals surface area contributed by atoms with Crippen LogP contribution in [0.15, 0.2) is 24.3 Å². The Kier molecular flexibility index (Phi) is 3.72. The number of imidazole rings is 1. The first kappa shape index (κ1) is 12.3. The number of fused-ring (bicyclic) bond motifs is 1. The number of H-pyrrole nitrogens is 1. The SMILES string of the molecule is CCCC(=O)NC(=N)Cc1nc2ccccc2[nH]1. The van der Waals surface area contributed by atoms with Gasteiger partial charge in [-0.3, -0.25) is 10.2 Å². The number of hydrogen-bond acceptors (Lipinski definition) is 3. The zero-order valence-electron chi connectivity index (χ0n) is 10.3. The normalized spacial score (nSPS) is 10.5. The van der Waals surface area contributed by atoms with Crippen LogP contribution >= 0.6 is 0 Å². The standard InChI is InChI=1S/C13H16N4O/c1-2-5-13(18)17-11(14)8-12-15-9-6-3-4-7-10(9)16-12/h3-4,6-7H,2,5,8H2,1H3,(H,15,16)(H2,14,17,18). The van der Waals surface area contributed by atoms with E-state index >= 15 is 0 Å². The number of nitrogens with one attached hydrogen (secondary N) is 3. The summed E-state index contributed by atoms with van der Waals surface area (Å²) in [5.41, 5.74) is 1.82. The van der Waals surface area contributed by atoms with E-state index in [0.29, 0.717) is 18.7 Å². The van der Waals surface area contributed by atoms with E-state index in [4.69, 9.17) is 5.41 Å². The zero-order chi connectivity index (χ0) is 13.0. The first-order valence-electron chi connectivity index (χ1n) is 6.00. The minimum absolute atomic E-state index is 0.112. The maximum absolute atomic E-state index is 11.3. The predicted octanol–water partition coefficient (Wildman–Crippen LogP) is 2.00. The number of benzene rings is 1. The molecule has 0 saturated heterocycles. The van der Waals surface area contributed by atoms with Gasteiger partial charge in [-0.25, -0.2) is 4.98 Å². The summed E-state index contributed by atoms with van der Waals surface area (Å²) < 4.78 is 0. The fraction of sp³-hybridized carbons (Fsp3) is 0.308. The molecule has 5 nitrogen and oxygen atoms in total. The van der Waals surface area contributed by atoms with Gasteiger partial charge in [0.05, 0.1) is 17.5 Å². The van der Waals surface area contributed by atoms with E-state index in [1.54, 1.807) is 0 Å². The Morgan fingerprint density at radius 2 is 2.22 bits per heavy atom. The van der Waals surface area contributed by atoms with Crippen molar-refractivity contribution in [1.82, 2.24) is 15.3 Å². The van der Waals surface area contributed by atoms with Crippen molar-refractivity contribution in [3.05, 3.63) is 30.1 Å². The van der Waals surface area contributed by atoms with Crippen molar-refractivity contribution < 1.29 is 4.79 Å². The predicted molar refractivity (Wildman–Crippen MR) is 70.6 cm³/mol. The minimum atomic E-state index is -0.112. The minimum Gasteiger partial charge on any atom is -0.342 e. The zero-order valence-corrected chi connectivity index (χ0v) is 10.3. The van der Waals surface area contributed by atoms with Crippen molar-refractivity contribution in [2.24, 2.45) is 0 Å². The van der Waals surface area contributed by atoms with E-state index in [9.17, 15) is 4.79 Å². The van der Waals surface area contributed by atoms with E-state index in [-0.39, 0.29) is 11.7 Å². The van der Waals surface area contributed by atoms with Gasteiger partial charge in [0, 0.05) is 6.42 Å². The average molecular weight is 244 g/mol. The molecule has 5 heteroatoms. The highest BCUT2D eigenvalue weighted by Crippen LogP contribution is 2.10. The van der Waals surface area contributed by atoms with Crippen molar-refractivity contribution in [3.8, 4) is 0 Å². The van der Waals surface area contributed by atoms with Crippen LogP contribution in [0.4, 0.5) is 0 Å². The van der Waals surface area contributed by atoms with E-state index < -0.39 is 0 Å². The Morgan fingerprint density at radius 3 is 2.94 bits per heavy atom. The van der Waals surface area contributed by atoms with Crippen molar-refractivity contribution in [1.29, 1.82) is 5.41 Å². The summed E-state index contributed by atoms with van der Waals surface area (Å²) in [6, 6.07) is 7.69. The lowest BCUT2D eigenvalue weighted by Gasteiger charge is -2.03. The Hall–Kier alpha value is -2.17. The summed E-state index contributed by atoms with van der Waals surface area (Å²) in [6.07, 6.45) is 1.54. The molecule has 0 radical (unpaired) electrons. The number of para-hydroxylation sites is 2. The highest BCUT2D eigenvalue weighted by Gasteiger charge is 2.07. The summed E-state index contributed by atoms with van der Waals surface area (Å²) in [5, 5.41) is 10.3. The molecule has 0 spiro atoms. The van der Waals surface area contributed by atoms with Crippen LogP contribution < -0.4 is 5.32 Å². The maximum Gasteiger partial charge on any atom is 0.225 e. The summed E-state index contributed by atoms with van der Waals surface area (Å²) in [5.74, 6) is 0.754. The van der Waals surface area contributed by atoms with Gasteiger partial charge in [0.2, 0.25) is 5.91 Å². The number of carbonyl (C=O) groups excluding carboxylic acids is 1. The molecule has 2 aromatic rings. The van der Waals surface area contributed by atoms with Crippen LogP contribution in [-0.4, -0.2) is 21.7 Å². The molecule has 3 N–H and O–H groups in total. The fourth-order valence-electron chi connectivity index (χ4n) is 1.76. The van der Waals surface area contributed by atoms with Gasteiger partial charge in [-0.1, -0.05) is 19.1 Å². The highest BCUT2D eigenvalue weighted by atomic mass is 16.1. The van der Waals surface area contributed by atoms with Crippen LogP contribution in [0.1, 0.15) is 25.6 Å². The fourth-order valence-corrected chi connectivity index (χ4v) is 1.76. The van der Waals surface area contributed by atoms with E-state index in [1.165, 1.54) is 0 Å². The topological polar surface area (TPSA) is 81.6 Å². The molecule has 0 unspecified atom stereocenters. The van der Waals surface area contributed by atoms with Gasteiger partial charge in [-0.05, 0) is 18.6 Å². The molecule has 18 heavy (non-hydrogen) atoms. The van der Waals surface area contributed by atoms with Crippen LogP contribution in [0.2, 0.25) is 0 Å². The molecule has 1 heterocycles. The number of hydrogen-bond donors (Lipinski definition) is 3. The lowest BCUT2D eigenvalue weighted by Crippen LogP contribution is -2.31. The van der Waals surface area contributed by atoms with E-state index in [1.807, 2.05) is 31.2 Å².